The predicted octanol–water partition coefficient (Wildman–Crippen LogP) is 2.19. The molecule has 0 fully saturated rings. The van der Waals surface area contributed by atoms with Crippen molar-refractivity contribution in [2.75, 3.05) is 4.90 Å². The van der Waals surface area contributed by atoms with Crippen LogP contribution in [0.3, 0.4) is 0 Å². The predicted molar refractivity (Wildman–Crippen MR) is 88.0 cm³/mol. The Morgan fingerprint density at radius 3 is 2.59 bits per heavy atom. The summed E-state index contributed by atoms with van der Waals surface area (Å²) in [5.41, 5.74) is 13.1. The van der Waals surface area contributed by atoms with Gasteiger partial charge in [0.2, 0.25) is 11.9 Å². The number of aromatic hydroxyl groups is 1. The van der Waals surface area contributed by atoms with E-state index in [1.54, 1.807) is 29.2 Å². The number of anilines is 1. The van der Waals surface area contributed by atoms with E-state index >= 15 is 0 Å². The second-order valence-electron chi connectivity index (χ2n) is 4.75. The fourth-order valence-electron chi connectivity index (χ4n) is 2.32. The van der Waals surface area contributed by atoms with Gasteiger partial charge >= 0.3 is 0 Å². The van der Waals surface area contributed by atoms with Crippen molar-refractivity contribution in [3.05, 3.63) is 59.1 Å². The summed E-state index contributed by atoms with van der Waals surface area (Å²) in [6.07, 6.45) is -0.551. The molecule has 3 rings (SSSR count). The summed E-state index contributed by atoms with van der Waals surface area (Å²) in [4.78, 5) is 10.0. The van der Waals surface area contributed by atoms with E-state index in [0.717, 1.165) is 5.56 Å². The van der Waals surface area contributed by atoms with Crippen LogP contribution in [0, 0.1) is 0 Å². The van der Waals surface area contributed by atoms with Crippen LogP contribution in [-0.4, -0.2) is 17.0 Å². The number of para-hydroxylation sites is 1. The van der Waals surface area contributed by atoms with Crippen molar-refractivity contribution in [2.24, 2.45) is 21.5 Å². The summed E-state index contributed by atoms with van der Waals surface area (Å²) >= 11 is 6.26. The van der Waals surface area contributed by atoms with Crippen molar-refractivity contribution in [1.29, 1.82) is 0 Å². The first-order valence-corrected chi connectivity index (χ1v) is 6.94. The monoisotopic (exact) mass is 315 g/mol. The maximum atomic E-state index is 9.70. The average molecular weight is 316 g/mol. The molecular formula is C15H14ClN5O. The number of phenols is 1. The second kappa shape index (κ2) is 5.57. The van der Waals surface area contributed by atoms with Crippen molar-refractivity contribution in [3.8, 4) is 5.75 Å². The van der Waals surface area contributed by atoms with Gasteiger partial charge in [0.25, 0.3) is 0 Å². The Labute approximate surface area is 132 Å². The van der Waals surface area contributed by atoms with Gasteiger partial charge < -0.3 is 16.6 Å². The van der Waals surface area contributed by atoms with Gasteiger partial charge in [0.05, 0.1) is 10.7 Å². The van der Waals surface area contributed by atoms with E-state index in [4.69, 9.17) is 23.1 Å². The highest BCUT2D eigenvalue weighted by molar-refractivity contribution is 6.34. The lowest BCUT2D eigenvalue weighted by Gasteiger charge is -2.33. The van der Waals surface area contributed by atoms with Crippen molar-refractivity contribution >= 4 is 29.2 Å². The normalized spacial score (nSPS) is 17.9. The Morgan fingerprint density at radius 1 is 1.09 bits per heavy atom. The van der Waals surface area contributed by atoms with Crippen LogP contribution in [0.15, 0.2) is 58.5 Å². The van der Waals surface area contributed by atoms with E-state index in [0.29, 0.717) is 10.7 Å². The second-order valence-corrected chi connectivity index (χ2v) is 5.15. The number of phenolic OH excluding ortho intramolecular Hbond substituents is 1. The zero-order valence-corrected chi connectivity index (χ0v) is 12.3. The smallest absolute Gasteiger partial charge is 0.221 e. The van der Waals surface area contributed by atoms with Crippen LogP contribution in [-0.2, 0) is 0 Å². The molecule has 1 atom stereocenters. The Bertz CT molecular complexity index is 774. The van der Waals surface area contributed by atoms with Gasteiger partial charge in [-0.2, -0.15) is 4.99 Å². The number of rotatable bonds is 2. The quantitative estimate of drug-likeness (QED) is 0.790. The molecule has 2 aromatic rings. The third-order valence-electron chi connectivity index (χ3n) is 3.26. The molecule has 0 aromatic heterocycles. The van der Waals surface area contributed by atoms with Gasteiger partial charge in [-0.25, -0.2) is 4.99 Å². The zero-order valence-electron chi connectivity index (χ0n) is 11.5. The van der Waals surface area contributed by atoms with Crippen molar-refractivity contribution in [3.63, 3.8) is 0 Å². The van der Waals surface area contributed by atoms with Crippen LogP contribution >= 0.6 is 11.6 Å². The lowest BCUT2D eigenvalue weighted by Crippen LogP contribution is -2.44. The fraction of sp³-hybridized carbons (Fsp3) is 0.0667. The van der Waals surface area contributed by atoms with Crippen molar-refractivity contribution in [2.45, 2.75) is 6.17 Å². The third kappa shape index (κ3) is 2.56. The maximum Gasteiger partial charge on any atom is 0.221 e. The van der Waals surface area contributed by atoms with Gasteiger partial charge in [-0.15, -0.1) is 0 Å². The summed E-state index contributed by atoms with van der Waals surface area (Å²) in [5, 5.41) is 10.2. The number of hydrogen-bond donors (Lipinski definition) is 3. The van der Waals surface area contributed by atoms with Crippen LogP contribution in [0.2, 0.25) is 5.02 Å². The molecule has 1 aliphatic rings. The molecule has 5 N–H and O–H groups in total. The van der Waals surface area contributed by atoms with Crippen LogP contribution in [0.25, 0.3) is 0 Å². The Hall–Kier alpha value is -2.73. The standard InChI is InChI=1S/C15H14ClN5O/c16-11-6-1-2-7-12(11)21-13(19-14(17)20-15(21)18)9-4-3-5-10(22)8-9/h1-8,13,22H,(H4,17,18,19,20). The number of guanidine groups is 2. The Morgan fingerprint density at radius 2 is 1.86 bits per heavy atom. The Kier molecular flexibility index (Phi) is 3.60. The molecule has 2 aromatic carbocycles. The van der Waals surface area contributed by atoms with Gasteiger partial charge in [-0.1, -0.05) is 35.9 Å². The molecule has 0 amide bonds. The minimum Gasteiger partial charge on any atom is -0.508 e. The SMILES string of the molecule is NC1=NC(c2cccc(O)c2)N(c2ccccc2Cl)C(N)=N1. The molecule has 112 valence electrons. The van der Waals surface area contributed by atoms with E-state index < -0.39 is 6.17 Å². The first kappa shape index (κ1) is 14.2. The van der Waals surface area contributed by atoms with E-state index in [9.17, 15) is 5.11 Å². The lowest BCUT2D eigenvalue weighted by atomic mass is 10.1. The van der Waals surface area contributed by atoms with E-state index in [1.807, 2.05) is 24.3 Å². The summed E-state index contributed by atoms with van der Waals surface area (Å²) in [6.45, 7) is 0. The number of nitrogens with zero attached hydrogens (tertiary/aromatic N) is 3. The number of nitrogens with two attached hydrogens (primary N) is 2. The van der Waals surface area contributed by atoms with Gasteiger partial charge in [0.15, 0.2) is 6.17 Å². The maximum absolute atomic E-state index is 9.70. The van der Waals surface area contributed by atoms with Gasteiger partial charge in [-0.3, -0.25) is 4.90 Å². The minimum absolute atomic E-state index is 0.0779. The van der Waals surface area contributed by atoms with Crippen molar-refractivity contribution in [1.82, 2.24) is 0 Å². The first-order valence-electron chi connectivity index (χ1n) is 6.56. The highest BCUT2D eigenvalue weighted by Gasteiger charge is 2.28. The molecule has 0 aliphatic carbocycles. The van der Waals surface area contributed by atoms with Crippen molar-refractivity contribution < 1.29 is 5.11 Å². The van der Waals surface area contributed by atoms with Crippen LogP contribution in [0.1, 0.15) is 11.7 Å². The summed E-state index contributed by atoms with van der Waals surface area (Å²) in [5.74, 6) is 0.398. The largest absolute Gasteiger partial charge is 0.508 e. The minimum atomic E-state index is -0.551. The molecule has 7 heteroatoms. The Balaban J connectivity index is 2.13. The van der Waals surface area contributed by atoms with Crippen LogP contribution < -0.4 is 16.4 Å². The highest BCUT2D eigenvalue weighted by atomic mass is 35.5. The molecular weight excluding hydrogens is 302 g/mol. The van der Waals surface area contributed by atoms with Gasteiger partial charge in [0.1, 0.15) is 5.75 Å². The van der Waals surface area contributed by atoms with E-state index in [1.165, 1.54) is 0 Å². The average Bonchev–Trinajstić information content (AvgIpc) is 2.48. The molecule has 0 saturated heterocycles. The molecule has 1 unspecified atom stereocenters. The highest BCUT2D eigenvalue weighted by Crippen LogP contribution is 2.35. The van der Waals surface area contributed by atoms with E-state index in [-0.39, 0.29) is 17.7 Å². The summed E-state index contributed by atoms with van der Waals surface area (Å²) in [6, 6.07) is 14.0. The van der Waals surface area contributed by atoms with E-state index in [2.05, 4.69) is 9.98 Å². The number of halogens is 1. The molecule has 1 heterocycles. The molecule has 0 bridgehead atoms. The molecule has 1 aliphatic heterocycles. The zero-order chi connectivity index (χ0) is 15.7. The lowest BCUT2D eigenvalue weighted by molar-refractivity contribution is 0.473. The number of hydrogen-bond acceptors (Lipinski definition) is 6. The fourth-order valence-corrected chi connectivity index (χ4v) is 2.55. The van der Waals surface area contributed by atoms with Crippen LogP contribution in [0.4, 0.5) is 5.69 Å². The van der Waals surface area contributed by atoms with Gasteiger partial charge in [0, 0.05) is 5.56 Å². The summed E-state index contributed by atoms with van der Waals surface area (Å²) in [7, 11) is 0. The summed E-state index contributed by atoms with van der Waals surface area (Å²) < 4.78 is 0. The third-order valence-corrected chi connectivity index (χ3v) is 3.57. The molecule has 0 radical (unpaired) electrons. The molecule has 0 spiro atoms. The van der Waals surface area contributed by atoms with Gasteiger partial charge in [-0.05, 0) is 24.3 Å². The first-order chi connectivity index (χ1) is 10.6. The number of aliphatic imine (C=N–C) groups is 2. The molecule has 22 heavy (non-hydrogen) atoms. The number of benzene rings is 2. The molecule has 6 nitrogen and oxygen atoms in total. The molecule has 0 saturated carbocycles. The van der Waals surface area contributed by atoms with Crippen LogP contribution in [0.5, 0.6) is 5.75 Å². The topological polar surface area (TPSA) is 100 Å².